The van der Waals surface area contributed by atoms with Crippen LogP contribution >= 0.6 is 15.9 Å². The fourth-order valence-corrected chi connectivity index (χ4v) is 3.32. The van der Waals surface area contributed by atoms with Crippen molar-refractivity contribution in [1.82, 2.24) is 5.32 Å². The number of phenolic OH excluding ortho intramolecular Hbond substituents is 2. The van der Waals surface area contributed by atoms with E-state index < -0.39 is 0 Å². The second-order valence-corrected chi connectivity index (χ2v) is 5.60. The number of amides is 1. The van der Waals surface area contributed by atoms with Gasteiger partial charge in [0.2, 0.25) is 0 Å². The highest BCUT2D eigenvalue weighted by Gasteiger charge is 2.26. The minimum Gasteiger partial charge on any atom is -0.504 e. The van der Waals surface area contributed by atoms with Gasteiger partial charge in [-0.05, 0) is 30.9 Å². The SMILES string of the molecule is O=C(NC1CCCCC1CBr)c1cccc(O)c1O. The third-order valence-electron chi connectivity index (χ3n) is 3.68. The Morgan fingerprint density at radius 1 is 1.32 bits per heavy atom. The fourth-order valence-electron chi connectivity index (χ4n) is 2.54. The number of aromatic hydroxyl groups is 2. The van der Waals surface area contributed by atoms with Crippen molar-refractivity contribution >= 4 is 21.8 Å². The maximum Gasteiger partial charge on any atom is 0.255 e. The third kappa shape index (κ3) is 3.21. The number of phenols is 2. The summed E-state index contributed by atoms with van der Waals surface area (Å²) in [6, 6.07) is 4.54. The van der Waals surface area contributed by atoms with Crippen molar-refractivity contribution in [1.29, 1.82) is 0 Å². The number of benzene rings is 1. The van der Waals surface area contributed by atoms with Crippen LogP contribution in [0.4, 0.5) is 0 Å². The Kier molecular flexibility index (Phi) is 4.69. The average molecular weight is 328 g/mol. The van der Waals surface area contributed by atoms with E-state index in [1.54, 1.807) is 6.07 Å². The number of nitrogens with one attached hydrogen (secondary N) is 1. The normalized spacial score (nSPS) is 23.0. The van der Waals surface area contributed by atoms with Crippen LogP contribution in [0.1, 0.15) is 36.0 Å². The number of alkyl halides is 1. The van der Waals surface area contributed by atoms with Gasteiger partial charge in [-0.1, -0.05) is 34.8 Å². The zero-order valence-electron chi connectivity index (χ0n) is 10.6. The molecule has 0 saturated heterocycles. The monoisotopic (exact) mass is 327 g/mol. The van der Waals surface area contributed by atoms with Crippen LogP contribution in [-0.4, -0.2) is 27.5 Å². The molecule has 2 atom stereocenters. The van der Waals surface area contributed by atoms with Crippen LogP contribution in [0.25, 0.3) is 0 Å². The van der Waals surface area contributed by atoms with E-state index in [2.05, 4.69) is 21.2 Å². The standard InChI is InChI=1S/C14H18BrNO3/c15-8-9-4-1-2-6-11(9)16-14(19)10-5-3-7-12(17)13(10)18/h3,5,7,9,11,17-18H,1-2,4,6,8H2,(H,16,19). The van der Waals surface area contributed by atoms with Crippen molar-refractivity contribution in [2.75, 3.05) is 5.33 Å². The summed E-state index contributed by atoms with van der Waals surface area (Å²) < 4.78 is 0. The van der Waals surface area contributed by atoms with Crippen molar-refractivity contribution in [2.24, 2.45) is 5.92 Å². The molecule has 0 aliphatic heterocycles. The molecule has 0 radical (unpaired) electrons. The highest BCUT2D eigenvalue weighted by molar-refractivity contribution is 9.09. The van der Waals surface area contributed by atoms with Gasteiger partial charge in [-0.2, -0.15) is 0 Å². The van der Waals surface area contributed by atoms with E-state index in [4.69, 9.17) is 0 Å². The van der Waals surface area contributed by atoms with E-state index >= 15 is 0 Å². The Hall–Kier alpha value is -1.23. The molecule has 1 aromatic carbocycles. The summed E-state index contributed by atoms with van der Waals surface area (Å²) in [7, 11) is 0. The molecule has 4 nitrogen and oxygen atoms in total. The van der Waals surface area contributed by atoms with Gasteiger partial charge in [0.25, 0.3) is 5.91 Å². The summed E-state index contributed by atoms with van der Waals surface area (Å²) in [5, 5.41) is 22.9. The van der Waals surface area contributed by atoms with Crippen LogP contribution in [0, 0.1) is 5.92 Å². The first-order valence-corrected chi connectivity index (χ1v) is 7.63. The van der Waals surface area contributed by atoms with Gasteiger partial charge in [-0.15, -0.1) is 0 Å². The number of rotatable bonds is 3. The highest BCUT2D eigenvalue weighted by Crippen LogP contribution is 2.30. The number of hydrogen-bond donors (Lipinski definition) is 3. The predicted molar refractivity (Wildman–Crippen MR) is 76.8 cm³/mol. The minimum absolute atomic E-state index is 0.124. The van der Waals surface area contributed by atoms with E-state index in [1.165, 1.54) is 18.6 Å². The lowest BCUT2D eigenvalue weighted by Gasteiger charge is -2.31. The molecule has 104 valence electrons. The average Bonchev–Trinajstić information content (AvgIpc) is 2.42. The topological polar surface area (TPSA) is 69.6 Å². The molecule has 0 bridgehead atoms. The van der Waals surface area contributed by atoms with Crippen LogP contribution < -0.4 is 5.32 Å². The minimum atomic E-state index is -0.355. The molecule has 0 heterocycles. The van der Waals surface area contributed by atoms with Gasteiger partial charge in [-0.25, -0.2) is 0 Å². The molecule has 5 heteroatoms. The van der Waals surface area contributed by atoms with Gasteiger partial charge >= 0.3 is 0 Å². The van der Waals surface area contributed by atoms with Gasteiger partial charge < -0.3 is 15.5 Å². The fraction of sp³-hybridized carbons (Fsp3) is 0.500. The van der Waals surface area contributed by atoms with Crippen molar-refractivity contribution < 1.29 is 15.0 Å². The summed E-state index contributed by atoms with van der Waals surface area (Å²) in [4.78, 5) is 12.1. The summed E-state index contributed by atoms with van der Waals surface area (Å²) in [6.07, 6.45) is 4.37. The molecule has 19 heavy (non-hydrogen) atoms. The van der Waals surface area contributed by atoms with Gasteiger partial charge in [0.15, 0.2) is 11.5 Å². The molecule has 0 aromatic heterocycles. The highest BCUT2D eigenvalue weighted by atomic mass is 79.9. The largest absolute Gasteiger partial charge is 0.504 e. The third-order valence-corrected chi connectivity index (χ3v) is 4.51. The molecule has 3 N–H and O–H groups in total. The zero-order valence-corrected chi connectivity index (χ0v) is 12.2. The summed E-state index contributed by atoms with van der Waals surface area (Å²) >= 11 is 3.48. The quantitative estimate of drug-likeness (QED) is 0.590. The second kappa shape index (κ2) is 6.28. The van der Waals surface area contributed by atoms with E-state index in [9.17, 15) is 15.0 Å². The molecule has 1 saturated carbocycles. The molecule has 1 amide bonds. The smallest absolute Gasteiger partial charge is 0.255 e. The Morgan fingerprint density at radius 3 is 2.79 bits per heavy atom. The summed E-state index contributed by atoms with van der Waals surface area (Å²) in [5.41, 5.74) is 0.124. The van der Waals surface area contributed by atoms with Gasteiger partial charge in [-0.3, -0.25) is 4.79 Å². The van der Waals surface area contributed by atoms with Gasteiger partial charge in [0, 0.05) is 11.4 Å². The van der Waals surface area contributed by atoms with Crippen LogP contribution in [0.3, 0.4) is 0 Å². The maximum absolute atomic E-state index is 12.1. The summed E-state index contributed by atoms with van der Waals surface area (Å²) in [6.45, 7) is 0. The molecule has 1 fully saturated rings. The number of hydrogen-bond acceptors (Lipinski definition) is 3. The Labute approximate surface area is 121 Å². The first-order valence-electron chi connectivity index (χ1n) is 6.51. The summed E-state index contributed by atoms with van der Waals surface area (Å²) in [5.74, 6) is -0.525. The molecule has 1 aliphatic carbocycles. The predicted octanol–water partition coefficient (Wildman–Crippen LogP) is 2.78. The lowest BCUT2D eigenvalue weighted by molar-refractivity contribution is 0.0908. The molecule has 2 rings (SSSR count). The molecular formula is C14H18BrNO3. The molecule has 1 aliphatic rings. The molecular weight excluding hydrogens is 310 g/mol. The number of halogens is 1. The van der Waals surface area contributed by atoms with Gasteiger partial charge in [0.1, 0.15) is 0 Å². The van der Waals surface area contributed by atoms with Crippen molar-refractivity contribution in [3.63, 3.8) is 0 Å². The lowest BCUT2D eigenvalue weighted by atomic mass is 9.86. The van der Waals surface area contributed by atoms with Crippen molar-refractivity contribution in [3.05, 3.63) is 23.8 Å². The number of carbonyl (C=O) groups is 1. The molecule has 2 unspecified atom stereocenters. The number of para-hydroxylation sites is 1. The lowest BCUT2D eigenvalue weighted by Crippen LogP contribution is -2.42. The van der Waals surface area contributed by atoms with Gasteiger partial charge in [0.05, 0.1) is 5.56 Å². The van der Waals surface area contributed by atoms with E-state index in [1.807, 2.05) is 0 Å². The first-order chi connectivity index (χ1) is 9.13. The van der Waals surface area contributed by atoms with Crippen LogP contribution in [0.15, 0.2) is 18.2 Å². The maximum atomic E-state index is 12.1. The van der Waals surface area contributed by atoms with Crippen LogP contribution in [-0.2, 0) is 0 Å². The zero-order chi connectivity index (χ0) is 13.8. The Balaban J connectivity index is 2.09. The van der Waals surface area contributed by atoms with E-state index in [0.717, 1.165) is 24.6 Å². The molecule has 1 aromatic rings. The van der Waals surface area contributed by atoms with Crippen molar-refractivity contribution in [3.8, 4) is 11.5 Å². The Morgan fingerprint density at radius 2 is 2.05 bits per heavy atom. The first kappa shape index (κ1) is 14.2. The molecule has 0 spiro atoms. The van der Waals surface area contributed by atoms with E-state index in [0.29, 0.717) is 5.92 Å². The second-order valence-electron chi connectivity index (χ2n) is 4.95. The van der Waals surface area contributed by atoms with Crippen molar-refractivity contribution in [2.45, 2.75) is 31.7 Å². The van der Waals surface area contributed by atoms with Crippen LogP contribution in [0.2, 0.25) is 0 Å². The Bertz CT molecular complexity index is 464. The van der Waals surface area contributed by atoms with E-state index in [-0.39, 0.29) is 29.0 Å². The van der Waals surface area contributed by atoms with Crippen LogP contribution in [0.5, 0.6) is 11.5 Å². The number of carbonyl (C=O) groups excluding carboxylic acids is 1.